The minimum absolute atomic E-state index is 0.0663. The molecular weight excluding hydrogens is 487 g/mol. The van der Waals surface area contributed by atoms with Crippen LogP contribution in [0.1, 0.15) is 18.4 Å². The Morgan fingerprint density at radius 2 is 1.82 bits per heavy atom. The number of nitrogens with zero attached hydrogens (tertiary/aromatic N) is 2. The monoisotopic (exact) mass is 504 g/mol. The van der Waals surface area contributed by atoms with Gasteiger partial charge in [0.1, 0.15) is 11.6 Å². The summed E-state index contributed by atoms with van der Waals surface area (Å²) in [5.41, 5.74) is 2.30. The molecule has 0 spiro atoms. The van der Waals surface area contributed by atoms with Gasteiger partial charge in [-0.1, -0.05) is 39.1 Å². The lowest BCUT2D eigenvalue weighted by Crippen LogP contribution is -2.48. The molecule has 4 rings (SSSR count). The van der Waals surface area contributed by atoms with Crippen molar-refractivity contribution >= 4 is 54.8 Å². The second-order valence-corrected chi connectivity index (χ2v) is 10.6. The molecule has 0 radical (unpaired) electrons. The van der Waals surface area contributed by atoms with Crippen molar-refractivity contribution in [3.63, 3.8) is 0 Å². The molecule has 1 saturated heterocycles. The van der Waals surface area contributed by atoms with Crippen LogP contribution in [0.15, 0.2) is 45.8 Å². The summed E-state index contributed by atoms with van der Waals surface area (Å²) in [6, 6.07) is 10.9. The Labute approximate surface area is 183 Å². The first-order valence-corrected chi connectivity index (χ1v) is 11.9. The predicted molar refractivity (Wildman–Crippen MR) is 115 cm³/mol. The molecule has 28 heavy (non-hydrogen) atoms. The van der Waals surface area contributed by atoms with Gasteiger partial charge in [-0.05, 0) is 49.2 Å². The van der Waals surface area contributed by atoms with E-state index in [1.807, 2.05) is 6.07 Å². The second-order valence-electron chi connectivity index (χ2n) is 6.93. The molecule has 0 unspecified atom stereocenters. The Morgan fingerprint density at radius 1 is 1.07 bits per heavy atom. The van der Waals surface area contributed by atoms with Crippen molar-refractivity contribution in [2.75, 3.05) is 24.7 Å². The molecule has 2 aromatic carbocycles. The summed E-state index contributed by atoms with van der Waals surface area (Å²) in [5, 5.41) is 0.543. The Balaban J connectivity index is 1.51. The highest BCUT2D eigenvalue weighted by Crippen LogP contribution is 2.34. The molecule has 2 aromatic rings. The highest BCUT2D eigenvalue weighted by molar-refractivity contribution is 9.10. The van der Waals surface area contributed by atoms with E-state index in [9.17, 15) is 8.42 Å². The third kappa shape index (κ3) is 3.93. The lowest BCUT2D eigenvalue weighted by atomic mass is 10.0. The van der Waals surface area contributed by atoms with Crippen LogP contribution >= 0.6 is 39.1 Å². The number of halogens is 3. The van der Waals surface area contributed by atoms with Gasteiger partial charge in [-0.3, -0.25) is 0 Å². The van der Waals surface area contributed by atoms with Gasteiger partial charge >= 0.3 is 0 Å². The molecule has 0 aromatic heterocycles. The number of ether oxygens (including phenoxy) is 1. The zero-order chi connectivity index (χ0) is 19.9. The van der Waals surface area contributed by atoms with E-state index in [0.29, 0.717) is 31.4 Å². The third-order valence-electron chi connectivity index (χ3n) is 5.21. The van der Waals surface area contributed by atoms with Crippen LogP contribution in [0.2, 0.25) is 10.0 Å². The maximum atomic E-state index is 13.0. The second kappa shape index (κ2) is 8.13. The highest BCUT2D eigenvalue weighted by atomic mass is 79.9. The molecule has 2 heterocycles. The van der Waals surface area contributed by atoms with Crippen LogP contribution in [0.3, 0.4) is 0 Å². The molecule has 0 atom stereocenters. The van der Waals surface area contributed by atoms with Crippen LogP contribution in [0.5, 0.6) is 0 Å². The standard InChI is InChI=1S/C19H19BrCl2N2O3S/c20-14-1-4-18-13(9-14)11-27-12-24(18)16-5-7-23(8-6-16)28(25,26)19-10-15(21)2-3-17(19)22/h1-4,9-10,16H,5-8,11-12H2. The summed E-state index contributed by atoms with van der Waals surface area (Å²) < 4.78 is 34.3. The zero-order valence-electron chi connectivity index (χ0n) is 14.9. The van der Waals surface area contributed by atoms with E-state index in [0.717, 1.165) is 28.6 Å². The van der Waals surface area contributed by atoms with Gasteiger partial charge in [0.2, 0.25) is 10.0 Å². The smallest absolute Gasteiger partial charge is 0.244 e. The van der Waals surface area contributed by atoms with Crippen LogP contribution in [0.25, 0.3) is 0 Å². The fraction of sp³-hybridized carbons (Fsp3) is 0.368. The van der Waals surface area contributed by atoms with E-state index in [2.05, 4.69) is 33.0 Å². The zero-order valence-corrected chi connectivity index (χ0v) is 18.9. The van der Waals surface area contributed by atoms with Gasteiger partial charge in [0.25, 0.3) is 0 Å². The quantitative estimate of drug-likeness (QED) is 0.595. The summed E-state index contributed by atoms with van der Waals surface area (Å²) in [6.45, 7) is 1.97. The Bertz CT molecular complexity index is 995. The average Bonchev–Trinajstić information content (AvgIpc) is 2.69. The predicted octanol–water partition coefficient (Wildman–Crippen LogP) is 4.90. The molecular formula is C19H19BrCl2N2O3S. The highest BCUT2D eigenvalue weighted by Gasteiger charge is 2.34. The minimum Gasteiger partial charge on any atom is -0.356 e. The molecule has 0 aliphatic carbocycles. The summed E-state index contributed by atoms with van der Waals surface area (Å²) in [4.78, 5) is 2.30. The molecule has 2 aliphatic heterocycles. The summed E-state index contributed by atoms with van der Waals surface area (Å²) in [6.07, 6.45) is 1.44. The van der Waals surface area contributed by atoms with Crippen molar-refractivity contribution in [3.8, 4) is 0 Å². The lowest BCUT2D eigenvalue weighted by Gasteiger charge is -2.41. The van der Waals surface area contributed by atoms with Crippen LogP contribution in [0, 0.1) is 0 Å². The molecule has 9 heteroatoms. The van der Waals surface area contributed by atoms with Crippen molar-refractivity contribution in [2.45, 2.75) is 30.4 Å². The van der Waals surface area contributed by atoms with Gasteiger partial charge in [0.05, 0.1) is 11.6 Å². The molecule has 0 bridgehead atoms. The molecule has 150 valence electrons. The van der Waals surface area contributed by atoms with Gasteiger partial charge in [0.15, 0.2) is 0 Å². The summed E-state index contributed by atoms with van der Waals surface area (Å²) >= 11 is 15.6. The number of hydrogen-bond acceptors (Lipinski definition) is 4. The Kier molecular flexibility index (Phi) is 5.93. The first-order valence-electron chi connectivity index (χ1n) is 8.94. The van der Waals surface area contributed by atoms with Crippen molar-refractivity contribution in [1.82, 2.24) is 4.31 Å². The van der Waals surface area contributed by atoms with Gasteiger partial charge in [-0.25, -0.2) is 8.42 Å². The molecule has 5 nitrogen and oxygen atoms in total. The van der Waals surface area contributed by atoms with Crippen molar-refractivity contribution in [1.29, 1.82) is 0 Å². The molecule has 0 amide bonds. The fourth-order valence-electron chi connectivity index (χ4n) is 3.78. The van der Waals surface area contributed by atoms with Crippen molar-refractivity contribution in [2.24, 2.45) is 0 Å². The number of sulfonamides is 1. The largest absolute Gasteiger partial charge is 0.356 e. The fourth-order valence-corrected chi connectivity index (χ4v) is 6.40. The van der Waals surface area contributed by atoms with Gasteiger partial charge in [-0.15, -0.1) is 0 Å². The van der Waals surface area contributed by atoms with Crippen LogP contribution in [0.4, 0.5) is 5.69 Å². The normalized spacial score (nSPS) is 18.9. The van der Waals surface area contributed by atoms with Gasteiger partial charge in [-0.2, -0.15) is 4.31 Å². The average molecular weight is 506 g/mol. The van der Waals surface area contributed by atoms with Crippen molar-refractivity contribution < 1.29 is 13.2 Å². The van der Waals surface area contributed by atoms with E-state index in [4.69, 9.17) is 27.9 Å². The number of anilines is 1. The van der Waals surface area contributed by atoms with E-state index in [1.54, 1.807) is 6.07 Å². The number of benzene rings is 2. The number of piperidine rings is 1. The molecule has 0 N–H and O–H groups in total. The summed E-state index contributed by atoms with van der Waals surface area (Å²) in [7, 11) is -3.67. The first-order chi connectivity index (χ1) is 13.4. The number of hydrogen-bond donors (Lipinski definition) is 0. The maximum Gasteiger partial charge on any atom is 0.244 e. The summed E-state index contributed by atoms with van der Waals surface area (Å²) in [5.74, 6) is 0. The van der Waals surface area contributed by atoms with Gasteiger partial charge in [0, 0.05) is 39.9 Å². The molecule has 2 aliphatic rings. The van der Waals surface area contributed by atoms with Crippen LogP contribution in [-0.4, -0.2) is 38.6 Å². The number of fused-ring (bicyclic) bond motifs is 1. The van der Waals surface area contributed by atoms with Gasteiger partial charge < -0.3 is 9.64 Å². The van der Waals surface area contributed by atoms with E-state index < -0.39 is 10.0 Å². The third-order valence-corrected chi connectivity index (χ3v) is 8.32. The molecule has 1 fully saturated rings. The van der Waals surface area contributed by atoms with E-state index >= 15 is 0 Å². The Hall–Kier alpha value is -0.830. The lowest BCUT2D eigenvalue weighted by molar-refractivity contribution is 0.0987. The van der Waals surface area contributed by atoms with E-state index in [-0.39, 0.29) is 16.0 Å². The number of rotatable bonds is 3. The van der Waals surface area contributed by atoms with Crippen molar-refractivity contribution in [3.05, 3.63) is 56.5 Å². The van der Waals surface area contributed by atoms with Crippen LogP contribution in [-0.2, 0) is 21.4 Å². The first kappa shape index (κ1) is 20.4. The molecule has 0 saturated carbocycles. The Morgan fingerprint density at radius 3 is 2.57 bits per heavy atom. The minimum atomic E-state index is -3.67. The van der Waals surface area contributed by atoms with Crippen LogP contribution < -0.4 is 4.90 Å². The maximum absolute atomic E-state index is 13.0. The van der Waals surface area contributed by atoms with E-state index in [1.165, 1.54) is 16.4 Å². The SMILES string of the molecule is O=S(=O)(c1cc(Cl)ccc1Cl)N1CCC(N2COCc3cc(Br)ccc32)CC1. The topological polar surface area (TPSA) is 49.9 Å².